The van der Waals surface area contributed by atoms with Crippen LogP contribution >= 0.6 is 0 Å². The molecular formula is C20H25N3O5S. The van der Waals surface area contributed by atoms with Crippen LogP contribution in [0.1, 0.15) is 0 Å². The molecule has 29 heavy (non-hydrogen) atoms. The molecule has 156 valence electrons. The first kappa shape index (κ1) is 20.8. The molecule has 9 heteroatoms. The first-order valence-corrected chi connectivity index (χ1v) is 11.1. The normalized spacial score (nSPS) is 12.9. The molecule has 1 heterocycles. The lowest BCUT2D eigenvalue weighted by atomic mass is 10.2. The largest absolute Gasteiger partial charge is 0.486 e. The number of benzene rings is 2. The van der Waals surface area contributed by atoms with Gasteiger partial charge in [0.1, 0.15) is 19.8 Å². The highest BCUT2D eigenvalue weighted by Crippen LogP contribution is 2.34. The highest BCUT2D eigenvalue weighted by atomic mass is 32.2. The number of hydrogen-bond donors (Lipinski definition) is 1. The summed E-state index contributed by atoms with van der Waals surface area (Å²) in [4.78, 5) is 14.4. The topological polar surface area (TPSA) is 88.2 Å². The van der Waals surface area contributed by atoms with Crippen LogP contribution in [0.4, 0.5) is 11.4 Å². The molecule has 0 bridgehead atoms. The van der Waals surface area contributed by atoms with Gasteiger partial charge < -0.3 is 19.7 Å². The van der Waals surface area contributed by atoms with E-state index in [4.69, 9.17) is 9.47 Å². The molecule has 2 aromatic rings. The number of likely N-dealkylation sites (N-methyl/N-ethyl adjacent to an activating group) is 1. The van der Waals surface area contributed by atoms with Gasteiger partial charge in [-0.3, -0.25) is 9.10 Å². The Morgan fingerprint density at radius 2 is 1.72 bits per heavy atom. The third kappa shape index (κ3) is 5.54. The van der Waals surface area contributed by atoms with Crippen molar-refractivity contribution in [2.75, 3.05) is 55.4 Å². The van der Waals surface area contributed by atoms with Gasteiger partial charge >= 0.3 is 0 Å². The molecule has 0 aliphatic carbocycles. The maximum absolute atomic E-state index is 12.4. The van der Waals surface area contributed by atoms with Crippen molar-refractivity contribution in [3.8, 4) is 11.5 Å². The van der Waals surface area contributed by atoms with Crippen molar-refractivity contribution in [2.45, 2.75) is 0 Å². The van der Waals surface area contributed by atoms with E-state index >= 15 is 0 Å². The molecule has 0 spiro atoms. The molecule has 0 saturated heterocycles. The lowest BCUT2D eigenvalue weighted by Gasteiger charge is -2.25. The Morgan fingerprint density at radius 3 is 2.41 bits per heavy atom. The van der Waals surface area contributed by atoms with E-state index in [1.807, 2.05) is 42.3 Å². The lowest BCUT2D eigenvalue weighted by Crippen LogP contribution is -2.42. The van der Waals surface area contributed by atoms with Crippen molar-refractivity contribution >= 4 is 27.3 Å². The van der Waals surface area contributed by atoms with Gasteiger partial charge in [0.2, 0.25) is 15.9 Å². The molecule has 2 aromatic carbocycles. The summed E-state index contributed by atoms with van der Waals surface area (Å²) in [6, 6.07) is 14.6. The molecule has 0 aromatic heterocycles. The standard InChI is InChI=1S/C20H25N3O5S/c1-22(16-6-4-3-5-7-16)11-10-21-20(24)15-23(29(2,25)26)17-8-9-18-19(14-17)28-13-12-27-18/h3-9,14H,10-13,15H2,1-2H3,(H,21,24). The number of hydrogen-bond acceptors (Lipinski definition) is 6. The van der Waals surface area contributed by atoms with Gasteiger partial charge in [0.05, 0.1) is 11.9 Å². The van der Waals surface area contributed by atoms with Crippen molar-refractivity contribution in [3.05, 3.63) is 48.5 Å². The average molecular weight is 420 g/mol. The second-order valence-corrected chi connectivity index (χ2v) is 8.61. The van der Waals surface area contributed by atoms with E-state index in [9.17, 15) is 13.2 Å². The molecule has 8 nitrogen and oxygen atoms in total. The first-order chi connectivity index (χ1) is 13.8. The maximum atomic E-state index is 12.4. The summed E-state index contributed by atoms with van der Waals surface area (Å²) in [7, 11) is -1.73. The number of para-hydroxylation sites is 1. The molecule has 0 radical (unpaired) electrons. The second kappa shape index (κ2) is 9.04. The summed E-state index contributed by atoms with van der Waals surface area (Å²) in [5.41, 5.74) is 1.39. The Morgan fingerprint density at radius 1 is 1.03 bits per heavy atom. The van der Waals surface area contributed by atoms with E-state index in [1.165, 1.54) is 0 Å². The smallest absolute Gasteiger partial charge is 0.240 e. The molecule has 1 aliphatic heterocycles. The summed E-state index contributed by atoms with van der Waals surface area (Å²) in [5.74, 6) is 0.640. The number of anilines is 2. The van der Waals surface area contributed by atoms with Crippen LogP contribution in [0.25, 0.3) is 0 Å². The van der Waals surface area contributed by atoms with E-state index in [-0.39, 0.29) is 12.5 Å². The minimum Gasteiger partial charge on any atom is -0.486 e. The van der Waals surface area contributed by atoms with Gasteiger partial charge in [0.15, 0.2) is 11.5 Å². The third-order valence-electron chi connectivity index (χ3n) is 4.47. The molecule has 0 fully saturated rings. The van der Waals surface area contributed by atoms with Gasteiger partial charge in [0, 0.05) is 31.9 Å². The fourth-order valence-electron chi connectivity index (χ4n) is 2.95. The Bertz CT molecular complexity index is 950. The van der Waals surface area contributed by atoms with Crippen LogP contribution in [0, 0.1) is 0 Å². The second-order valence-electron chi connectivity index (χ2n) is 6.70. The number of carbonyl (C=O) groups excluding carboxylic acids is 1. The van der Waals surface area contributed by atoms with Crippen LogP contribution < -0.4 is 24.0 Å². The predicted molar refractivity (Wildman–Crippen MR) is 112 cm³/mol. The number of rotatable bonds is 8. The minimum atomic E-state index is -3.66. The quantitative estimate of drug-likeness (QED) is 0.697. The van der Waals surface area contributed by atoms with E-state index in [0.29, 0.717) is 43.5 Å². The van der Waals surface area contributed by atoms with Crippen LogP contribution in [0.5, 0.6) is 11.5 Å². The van der Waals surface area contributed by atoms with Crippen LogP contribution in [-0.2, 0) is 14.8 Å². The van der Waals surface area contributed by atoms with E-state index in [1.54, 1.807) is 18.2 Å². The zero-order chi connectivity index (χ0) is 20.9. The first-order valence-electron chi connectivity index (χ1n) is 9.25. The number of ether oxygens (including phenoxy) is 2. The SMILES string of the molecule is CN(CCNC(=O)CN(c1ccc2c(c1)OCCO2)S(C)(=O)=O)c1ccccc1. The predicted octanol–water partition coefficient (Wildman–Crippen LogP) is 1.48. The van der Waals surface area contributed by atoms with Gasteiger partial charge in [-0.05, 0) is 24.3 Å². The number of nitrogens with zero attached hydrogens (tertiary/aromatic N) is 2. The van der Waals surface area contributed by atoms with Gasteiger partial charge in [-0.1, -0.05) is 18.2 Å². The fraction of sp³-hybridized carbons (Fsp3) is 0.350. The number of carbonyl (C=O) groups is 1. The molecule has 0 unspecified atom stereocenters. The van der Waals surface area contributed by atoms with Crippen LogP contribution in [-0.4, -0.2) is 60.5 Å². The number of amides is 1. The molecule has 1 N–H and O–H groups in total. The van der Waals surface area contributed by atoms with Gasteiger partial charge in [0.25, 0.3) is 0 Å². The minimum absolute atomic E-state index is 0.312. The molecule has 1 amide bonds. The molecule has 0 atom stereocenters. The highest BCUT2D eigenvalue weighted by Gasteiger charge is 2.23. The monoisotopic (exact) mass is 419 g/mol. The third-order valence-corrected chi connectivity index (χ3v) is 5.61. The highest BCUT2D eigenvalue weighted by molar-refractivity contribution is 7.92. The Hall–Kier alpha value is -2.94. The Kier molecular flexibility index (Phi) is 6.48. The number of nitrogens with one attached hydrogen (secondary N) is 1. The Balaban J connectivity index is 1.61. The lowest BCUT2D eigenvalue weighted by molar-refractivity contribution is -0.119. The van der Waals surface area contributed by atoms with Crippen LogP contribution in [0.2, 0.25) is 0 Å². The number of fused-ring (bicyclic) bond motifs is 1. The summed E-state index contributed by atoms with van der Waals surface area (Å²) in [6.45, 7) is 1.52. The van der Waals surface area contributed by atoms with Gasteiger partial charge in [-0.15, -0.1) is 0 Å². The van der Waals surface area contributed by atoms with Crippen LogP contribution in [0.3, 0.4) is 0 Å². The van der Waals surface area contributed by atoms with Crippen LogP contribution in [0.15, 0.2) is 48.5 Å². The van der Waals surface area contributed by atoms with Gasteiger partial charge in [-0.25, -0.2) is 8.42 Å². The van der Waals surface area contributed by atoms with Gasteiger partial charge in [-0.2, -0.15) is 0 Å². The summed E-state index contributed by atoms with van der Waals surface area (Å²) >= 11 is 0. The summed E-state index contributed by atoms with van der Waals surface area (Å²) in [6.07, 6.45) is 1.07. The molecule has 1 aliphatic rings. The summed E-state index contributed by atoms with van der Waals surface area (Å²) in [5, 5.41) is 2.78. The fourth-order valence-corrected chi connectivity index (χ4v) is 3.80. The van der Waals surface area contributed by atoms with E-state index < -0.39 is 10.0 Å². The van der Waals surface area contributed by atoms with Crippen molar-refractivity contribution in [2.24, 2.45) is 0 Å². The zero-order valence-electron chi connectivity index (χ0n) is 16.5. The van der Waals surface area contributed by atoms with Crippen molar-refractivity contribution in [1.82, 2.24) is 5.32 Å². The van der Waals surface area contributed by atoms with Crippen molar-refractivity contribution in [1.29, 1.82) is 0 Å². The number of sulfonamides is 1. The van der Waals surface area contributed by atoms with Crippen molar-refractivity contribution < 1.29 is 22.7 Å². The maximum Gasteiger partial charge on any atom is 0.240 e. The molecular weight excluding hydrogens is 394 g/mol. The summed E-state index contributed by atoms with van der Waals surface area (Å²) < 4.78 is 36.6. The average Bonchev–Trinajstić information content (AvgIpc) is 2.71. The van der Waals surface area contributed by atoms with E-state index in [2.05, 4.69) is 5.32 Å². The van der Waals surface area contributed by atoms with E-state index in [0.717, 1.165) is 16.2 Å². The molecule has 0 saturated carbocycles. The zero-order valence-corrected chi connectivity index (χ0v) is 17.3. The van der Waals surface area contributed by atoms with Crippen molar-refractivity contribution in [3.63, 3.8) is 0 Å². The molecule has 3 rings (SSSR count). The Labute approximate surface area is 171 Å².